The van der Waals surface area contributed by atoms with Gasteiger partial charge in [0.2, 0.25) is 0 Å². The Morgan fingerprint density at radius 1 is 1.11 bits per heavy atom. The number of likely N-dealkylation sites (tertiary alicyclic amines) is 1. The molecule has 1 aliphatic heterocycles. The van der Waals surface area contributed by atoms with Crippen molar-refractivity contribution < 1.29 is 4.39 Å². The first kappa shape index (κ1) is 14.5. The molecule has 2 rings (SSSR count). The minimum absolute atomic E-state index is 0.169. The lowest BCUT2D eigenvalue weighted by Gasteiger charge is -2.33. The number of halogens is 1. The van der Waals surface area contributed by atoms with Crippen LogP contribution in [0.15, 0.2) is 24.3 Å². The van der Waals surface area contributed by atoms with Crippen molar-refractivity contribution in [3.8, 4) is 0 Å². The van der Waals surface area contributed by atoms with Crippen molar-refractivity contribution in [2.24, 2.45) is 0 Å². The quantitative estimate of drug-likeness (QED) is 0.877. The van der Waals surface area contributed by atoms with Gasteiger partial charge in [-0.05, 0) is 57.5 Å². The van der Waals surface area contributed by atoms with Crippen LogP contribution in [0.4, 0.5) is 4.39 Å². The Bertz CT molecular complexity index is 371. The van der Waals surface area contributed by atoms with Crippen LogP contribution in [0.5, 0.6) is 0 Å². The highest BCUT2D eigenvalue weighted by Gasteiger charge is 2.17. The zero-order chi connectivity index (χ0) is 13.7. The van der Waals surface area contributed by atoms with Gasteiger partial charge in [-0.25, -0.2) is 4.39 Å². The number of benzene rings is 1. The normalized spacial score (nSPS) is 20.2. The van der Waals surface area contributed by atoms with Crippen LogP contribution < -0.4 is 5.32 Å². The summed E-state index contributed by atoms with van der Waals surface area (Å²) in [6.45, 7) is 7.87. The highest BCUT2D eigenvalue weighted by atomic mass is 19.1. The SMILES string of the molecule is CC(NCC(C)N1CCCCC1)c1ccc(F)cc1. The van der Waals surface area contributed by atoms with Crippen molar-refractivity contribution in [3.63, 3.8) is 0 Å². The third-order valence-electron chi connectivity index (χ3n) is 4.10. The van der Waals surface area contributed by atoms with Gasteiger partial charge < -0.3 is 5.32 Å². The molecular formula is C16H25FN2. The molecule has 2 atom stereocenters. The number of piperidine rings is 1. The van der Waals surface area contributed by atoms with Gasteiger partial charge >= 0.3 is 0 Å². The van der Waals surface area contributed by atoms with Gasteiger partial charge in [0, 0.05) is 18.6 Å². The second-order valence-electron chi connectivity index (χ2n) is 5.63. The van der Waals surface area contributed by atoms with E-state index in [9.17, 15) is 4.39 Å². The second-order valence-corrected chi connectivity index (χ2v) is 5.63. The smallest absolute Gasteiger partial charge is 0.123 e. The molecule has 0 radical (unpaired) electrons. The van der Waals surface area contributed by atoms with Crippen molar-refractivity contribution in [1.29, 1.82) is 0 Å². The molecule has 1 heterocycles. The van der Waals surface area contributed by atoms with E-state index in [4.69, 9.17) is 0 Å². The van der Waals surface area contributed by atoms with Gasteiger partial charge in [-0.1, -0.05) is 18.6 Å². The molecule has 0 spiro atoms. The van der Waals surface area contributed by atoms with Crippen LogP contribution in [-0.2, 0) is 0 Å². The largest absolute Gasteiger partial charge is 0.309 e. The molecule has 3 heteroatoms. The maximum absolute atomic E-state index is 12.9. The second kappa shape index (κ2) is 7.01. The molecule has 0 saturated carbocycles. The molecule has 0 aliphatic carbocycles. The monoisotopic (exact) mass is 264 g/mol. The van der Waals surface area contributed by atoms with Crippen LogP contribution in [0.3, 0.4) is 0 Å². The summed E-state index contributed by atoms with van der Waals surface area (Å²) in [6, 6.07) is 7.62. The topological polar surface area (TPSA) is 15.3 Å². The lowest BCUT2D eigenvalue weighted by atomic mass is 10.1. The van der Waals surface area contributed by atoms with Gasteiger partial charge in [0.1, 0.15) is 5.82 Å². The van der Waals surface area contributed by atoms with Crippen LogP contribution in [0.25, 0.3) is 0 Å². The first-order valence-corrected chi connectivity index (χ1v) is 7.39. The summed E-state index contributed by atoms with van der Waals surface area (Å²) in [5, 5.41) is 3.55. The number of hydrogen-bond acceptors (Lipinski definition) is 2. The molecule has 1 N–H and O–H groups in total. The van der Waals surface area contributed by atoms with Gasteiger partial charge in [0.15, 0.2) is 0 Å². The summed E-state index contributed by atoms with van der Waals surface area (Å²) in [6.07, 6.45) is 4.04. The number of nitrogens with one attached hydrogen (secondary N) is 1. The maximum Gasteiger partial charge on any atom is 0.123 e. The summed E-state index contributed by atoms with van der Waals surface area (Å²) in [4.78, 5) is 2.56. The van der Waals surface area contributed by atoms with Crippen LogP contribution in [0.2, 0.25) is 0 Å². The van der Waals surface area contributed by atoms with E-state index in [0.717, 1.165) is 12.1 Å². The highest BCUT2D eigenvalue weighted by Crippen LogP contribution is 2.15. The Morgan fingerprint density at radius 3 is 2.37 bits per heavy atom. The van der Waals surface area contributed by atoms with Crippen molar-refractivity contribution in [3.05, 3.63) is 35.6 Å². The predicted octanol–water partition coefficient (Wildman–Crippen LogP) is 3.35. The Labute approximate surface area is 116 Å². The molecule has 0 amide bonds. The molecule has 0 aromatic heterocycles. The molecule has 1 aliphatic rings. The lowest BCUT2D eigenvalue weighted by molar-refractivity contribution is 0.168. The van der Waals surface area contributed by atoms with Gasteiger partial charge in [0.05, 0.1) is 0 Å². The molecule has 19 heavy (non-hydrogen) atoms. The summed E-state index contributed by atoms with van der Waals surface area (Å²) in [5.41, 5.74) is 1.15. The van der Waals surface area contributed by atoms with E-state index in [0.29, 0.717) is 6.04 Å². The summed E-state index contributed by atoms with van der Waals surface area (Å²) >= 11 is 0. The Hall–Kier alpha value is -0.930. The highest BCUT2D eigenvalue weighted by molar-refractivity contribution is 5.19. The maximum atomic E-state index is 12.9. The molecule has 1 aromatic carbocycles. The minimum atomic E-state index is -0.169. The molecular weight excluding hydrogens is 239 g/mol. The first-order valence-electron chi connectivity index (χ1n) is 7.39. The van der Waals surface area contributed by atoms with E-state index in [1.165, 1.54) is 44.5 Å². The number of nitrogens with zero attached hydrogens (tertiary/aromatic N) is 1. The zero-order valence-electron chi connectivity index (χ0n) is 12.0. The lowest BCUT2D eigenvalue weighted by Crippen LogP contribution is -2.43. The van der Waals surface area contributed by atoms with E-state index in [2.05, 4.69) is 24.1 Å². The van der Waals surface area contributed by atoms with Crippen molar-refractivity contribution in [1.82, 2.24) is 10.2 Å². The van der Waals surface area contributed by atoms with Crippen molar-refractivity contribution in [2.45, 2.75) is 45.2 Å². The standard InChI is InChI=1S/C16H25FN2/c1-13(19-10-4-3-5-11-19)12-18-14(2)15-6-8-16(17)9-7-15/h6-9,13-14,18H,3-5,10-12H2,1-2H3. The van der Waals surface area contributed by atoms with Crippen LogP contribution in [0.1, 0.15) is 44.7 Å². The van der Waals surface area contributed by atoms with E-state index in [1.54, 1.807) is 0 Å². The van der Waals surface area contributed by atoms with E-state index in [1.807, 2.05) is 12.1 Å². The summed E-state index contributed by atoms with van der Waals surface area (Å²) in [7, 11) is 0. The molecule has 1 aromatic rings. The molecule has 106 valence electrons. The average Bonchev–Trinajstić information content (AvgIpc) is 2.46. The summed E-state index contributed by atoms with van der Waals surface area (Å²) < 4.78 is 12.9. The van der Waals surface area contributed by atoms with E-state index in [-0.39, 0.29) is 11.9 Å². The Kier molecular flexibility index (Phi) is 5.34. The van der Waals surface area contributed by atoms with Gasteiger partial charge in [0.25, 0.3) is 0 Å². The Balaban J connectivity index is 1.79. The third-order valence-corrected chi connectivity index (χ3v) is 4.10. The Morgan fingerprint density at radius 2 is 1.74 bits per heavy atom. The van der Waals surface area contributed by atoms with Gasteiger partial charge in [-0.15, -0.1) is 0 Å². The molecule has 2 nitrogen and oxygen atoms in total. The zero-order valence-corrected chi connectivity index (χ0v) is 12.0. The van der Waals surface area contributed by atoms with Crippen molar-refractivity contribution >= 4 is 0 Å². The molecule has 1 fully saturated rings. The predicted molar refractivity (Wildman–Crippen MR) is 77.7 cm³/mol. The van der Waals surface area contributed by atoms with Crippen molar-refractivity contribution in [2.75, 3.05) is 19.6 Å². The van der Waals surface area contributed by atoms with Gasteiger partial charge in [-0.3, -0.25) is 4.90 Å². The van der Waals surface area contributed by atoms with Crippen LogP contribution >= 0.6 is 0 Å². The fourth-order valence-electron chi connectivity index (χ4n) is 2.70. The van der Waals surface area contributed by atoms with E-state index < -0.39 is 0 Å². The van der Waals surface area contributed by atoms with Gasteiger partial charge in [-0.2, -0.15) is 0 Å². The molecule has 1 saturated heterocycles. The van der Waals surface area contributed by atoms with Crippen LogP contribution in [-0.4, -0.2) is 30.6 Å². The molecule has 0 bridgehead atoms. The summed E-state index contributed by atoms with van der Waals surface area (Å²) in [5.74, 6) is -0.169. The molecule has 2 unspecified atom stereocenters. The average molecular weight is 264 g/mol. The number of hydrogen-bond donors (Lipinski definition) is 1. The fourth-order valence-corrected chi connectivity index (χ4v) is 2.70. The fraction of sp³-hybridized carbons (Fsp3) is 0.625. The number of rotatable bonds is 5. The van der Waals surface area contributed by atoms with Crippen LogP contribution in [0, 0.1) is 5.82 Å². The first-order chi connectivity index (χ1) is 9.16. The minimum Gasteiger partial charge on any atom is -0.309 e. The third kappa shape index (κ3) is 4.29. The van der Waals surface area contributed by atoms with E-state index >= 15 is 0 Å².